The third-order valence-electron chi connectivity index (χ3n) is 4.07. The van der Waals surface area contributed by atoms with Crippen molar-refractivity contribution in [3.63, 3.8) is 0 Å². The molecule has 21 heavy (non-hydrogen) atoms. The van der Waals surface area contributed by atoms with E-state index in [-0.39, 0.29) is 11.6 Å². The highest BCUT2D eigenvalue weighted by molar-refractivity contribution is 5.40. The minimum Gasteiger partial charge on any atom is -0.497 e. The van der Waals surface area contributed by atoms with E-state index in [0.717, 1.165) is 30.2 Å². The highest BCUT2D eigenvalue weighted by Gasteiger charge is 2.35. The minimum atomic E-state index is -0.0431. The van der Waals surface area contributed by atoms with Crippen LogP contribution in [-0.4, -0.2) is 51.0 Å². The molecule has 118 valence electrons. The van der Waals surface area contributed by atoms with Gasteiger partial charge in [-0.2, -0.15) is 0 Å². The molecule has 1 aromatic carbocycles. The summed E-state index contributed by atoms with van der Waals surface area (Å²) >= 11 is 0. The van der Waals surface area contributed by atoms with Gasteiger partial charge in [0.25, 0.3) is 0 Å². The minimum absolute atomic E-state index is 0.0431. The summed E-state index contributed by atoms with van der Waals surface area (Å²) in [6.07, 6.45) is 0. The summed E-state index contributed by atoms with van der Waals surface area (Å²) in [4.78, 5) is 2.41. The Hall–Kier alpha value is -1.30. The van der Waals surface area contributed by atoms with Crippen molar-refractivity contribution in [3.8, 4) is 11.5 Å². The molecule has 1 atom stereocenters. The zero-order valence-corrected chi connectivity index (χ0v) is 13.4. The number of nitrogens with two attached hydrogens (primary N) is 1. The third kappa shape index (κ3) is 3.48. The van der Waals surface area contributed by atoms with Crippen LogP contribution in [0.2, 0.25) is 0 Å². The van der Waals surface area contributed by atoms with Gasteiger partial charge in [-0.05, 0) is 31.5 Å². The van der Waals surface area contributed by atoms with Crippen molar-refractivity contribution in [3.05, 3.63) is 23.8 Å². The van der Waals surface area contributed by atoms with Crippen molar-refractivity contribution < 1.29 is 14.2 Å². The maximum Gasteiger partial charge on any atom is 0.122 e. The second kappa shape index (κ2) is 6.64. The molecule has 0 saturated carbocycles. The van der Waals surface area contributed by atoms with Crippen LogP contribution in [0.25, 0.3) is 0 Å². The largest absolute Gasteiger partial charge is 0.497 e. The topological polar surface area (TPSA) is 57.0 Å². The maximum absolute atomic E-state index is 6.08. The van der Waals surface area contributed by atoms with Crippen LogP contribution in [0.4, 0.5) is 0 Å². The molecule has 1 unspecified atom stereocenters. The van der Waals surface area contributed by atoms with Crippen molar-refractivity contribution in [2.75, 3.05) is 40.5 Å². The number of rotatable bonds is 5. The number of ether oxygens (including phenoxy) is 3. The van der Waals surface area contributed by atoms with E-state index in [4.69, 9.17) is 19.9 Å². The van der Waals surface area contributed by atoms with Gasteiger partial charge in [-0.3, -0.25) is 4.90 Å². The van der Waals surface area contributed by atoms with Gasteiger partial charge in [-0.1, -0.05) is 0 Å². The van der Waals surface area contributed by atoms with Crippen LogP contribution < -0.4 is 15.2 Å². The van der Waals surface area contributed by atoms with Gasteiger partial charge in [0.15, 0.2) is 0 Å². The summed E-state index contributed by atoms with van der Waals surface area (Å²) in [6, 6.07) is 6.06. The van der Waals surface area contributed by atoms with Gasteiger partial charge in [0.2, 0.25) is 0 Å². The second-order valence-corrected chi connectivity index (χ2v) is 5.96. The zero-order valence-electron chi connectivity index (χ0n) is 13.4. The highest BCUT2D eigenvalue weighted by atomic mass is 16.5. The molecular formula is C16H26N2O3. The van der Waals surface area contributed by atoms with Gasteiger partial charge < -0.3 is 19.9 Å². The van der Waals surface area contributed by atoms with Gasteiger partial charge in [0.1, 0.15) is 11.5 Å². The quantitative estimate of drug-likeness (QED) is 0.897. The van der Waals surface area contributed by atoms with Crippen molar-refractivity contribution in [2.24, 2.45) is 5.73 Å². The smallest absolute Gasteiger partial charge is 0.122 e. The Labute approximate surface area is 127 Å². The molecule has 0 aromatic heterocycles. The number of methoxy groups -OCH3 is 2. The average molecular weight is 294 g/mol. The van der Waals surface area contributed by atoms with Gasteiger partial charge in [0.05, 0.1) is 27.4 Å². The standard InChI is InChI=1S/C16H26N2O3/c1-16(2)11-21-6-5-18(16)15(10-17)12-7-13(19-3)9-14(8-12)20-4/h7-9,15H,5-6,10-11,17H2,1-4H3. The van der Waals surface area contributed by atoms with Crippen molar-refractivity contribution in [2.45, 2.75) is 25.4 Å². The number of benzene rings is 1. The molecule has 5 heteroatoms. The summed E-state index contributed by atoms with van der Waals surface area (Å²) < 4.78 is 16.3. The summed E-state index contributed by atoms with van der Waals surface area (Å²) in [6.45, 7) is 7.23. The van der Waals surface area contributed by atoms with Crippen LogP contribution in [-0.2, 0) is 4.74 Å². The lowest BCUT2D eigenvalue weighted by molar-refractivity contribution is -0.0713. The van der Waals surface area contributed by atoms with Gasteiger partial charge >= 0.3 is 0 Å². The Bertz CT molecular complexity index is 454. The molecule has 1 saturated heterocycles. The number of hydrogen-bond donors (Lipinski definition) is 1. The molecule has 5 nitrogen and oxygen atoms in total. The van der Waals surface area contributed by atoms with E-state index >= 15 is 0 Å². The zero-order chi connectivity index (χ0) is 15.5. The summed E-state index contributed by atoms with van der Waals surface area (Å²) in [5, 5.41) is 0. The van der Waals surface area contributed by atoms with E-state index in [1.807, 2.05) is 18.2 Å². The monoisotopic (exact) mass is 294 g/mol. The summed E-state index contributed by atoms with van der Waals surface area (Å²) in [7, 11) is 3.32. The van der Waals surface area contributed by atoms with Crippen molar-refractivity contribution in [1.29, 1.82) is 0 Å². The molecule has 1 aliphatic heterocycles. The van der Waals surface area contributed by atoms with Crippen LogP contribution in [0.1, 0.15) is 25.5 Å². The van der Waals surface area contributed by atoms with Gasteiger partial charge in [-0.15, -0.1) is 0 Å². The molecule has 2 N–H and O–H groups in total. The summed E-state index contributed by atoms with van der Waals surface area (Å²) in [5.74, 6) is 1.57. The normalized spacial score (nSPS) is 20.0. The third-order valence-corrected chi connectivity index (χ3v) is 4.07. The molecule has 2 rings (SSSR count). The lowest BCUT2D eigenvalue weighted by atomic mass is 9.95. The fourth-order valence-corrected chi connectivity index (χ4v) is 2.91. The van der Waals surface area contributed by atoms with E-state index in [2.05, 4.69) is 18.7 Å². The first-order chi connectivity index (χ1) is 10.0. The maximum atomic E-state index is 6.08. The molecule has 0 aliphatic carbocycles. The van der Waals surface area contributed by atoms with E-state index in [0.29, 0.717) is 13.2 Å². The first-order valence-corrected chi connectivity index (χ1v) is 7.29. The first kappa shape index (κ1) is 16.1. The second-order valence-electron chi connectivity index (χ2n) is 5.96. The molecule has 0 amide bonds. The fraction of sp³-hybridized carbons (Fsp3) is 0.625. The predicted octanol–water partition coefficient (Wildman–Crippen LogP) is 1.81. The molecule has 1 aromatic rings. The molecule has 1 heterocycles. The molecule has 1 fully saturated rings. The predicted molar refractivity (Wildman–Crippen MR) is 82.9 cm³/mol. The van der Waals surface area contributed by atoms with Crippen molar-refractivity contribution in [1.82, 2.24) is 4.90 Å². The van der Waals surface area contributed by atoms with Crippen LogP contribution in [0, 0.1) is 0 Å². The van der Waals surface area contributed by atoms with Gasteiger partial charge in [-0.25, -0.2) is 0 Å². The number of hydrogen-bond acceptors (Lipinski definition) is 5. The van der Waals surface area contributed by atoms with Crippen LogP contribution >= 0.6 is 0 Å². The van der Waals surface area contributed by atoms with E-state index in [9.17, 15) is 0 Å². The molecule has 1 aliphatic rings. The van der Waals surface area contributed by atoms with E-state index < -0.39 is 0 Å². The number of nitrogens with zero attached hydrogens (tertiary/aromatic N) is 1. The molecule has 0 bridgehead atoms. The Morgan fingerprint density at radius 2 is 1.86 bits per heavy atom. The Morgan fingerprint density at radius 3 is 2.33 bits per heavy atom. The van der Waals surface area contributed by atoms with Crippen LogP contribution in [0.5, 0.6) is 11.5 Å². The fourth-order valence-electron chi connectivity index (χ4n) is 2.91. The Morgan fingerprint density at radius 1 is 1.24 bits per heavy atom. The van der Waals surface area contributed by atoms with Crippen LogP contribution in [0.3, 0.4) is 0 Å². The Balaban J connectivity index is 2.36. The molecule has 0 radical (unpaired) electrons. The molecule has 0 spiro atoms. The van der Waals surface area contributed by atoms with Crippen LogP contribution in [0.15, 0.2) is 18.2 Å². The highest BCUT2D eigenvalue weighted by Crippen LogP contribution is 2.33. The van der Waals surface area contributed by atoms with Gasteiger partial charge in [0, 0.05) is 30.7 Å². The number of morpholine rings is 1. The van der Waals surface area contributed by atoms with E-state index in [1.165, 1.54) is 0 Å². The summed E-state index contributed by atoms with van der Waals surface area (Å²) in [5.41, 5.74) is 7.15. The van der Waals surface area contributed by atoms with Crippen molar-refractivity contribution >= 4 is 0 Å². The average Bonchev–Trinajstić information content (AvgIpc) is 2.49. The van der Waals surface area contributed by atoms with E-state index in [1.54, 1.807) is 14.2 Å². The lowest BCUT2D eigenvalue weighted by Crippen LogP contribution is -2.55. The lowest BCUT2D eigenvalue weighted by Gasteiger charge is -2.46. The molecular weight excluding hydrogens is 268 g/mol. The SMILES string of the molecule is COc1cc(OC)cc(C(CN)N2CCOCC2(C)C)c1. The Kier molecular flexibility index (Phi) is 5.08. The first-order valence-electron chi connectivity index (χ1n) is 7.29.